The van der Waals surface area contributed by atoms with Crippen LogP contribution in [0.1, 0.15) is 205 Å². The van der Waals surface area contributed by atoms with Crippen molar-refractivity contribution in [3.05, 3.63) is 68.8 Å². The fraction of sp³-hybridized carbons (Fsp3) is 0.714. The molecule has 0 amide bonds. The number of benzene rings is 2. The van der Waals surface area contributed by atoms with E-state index in [9.17, 15) is 9.79 Å². The number of unbranched alkanes of at least 4 members (excludes halogenated alkanes) is 9. The van der Waals surface area contributed by atoms with Crippen molar-refractivity contribution in [2.45, 2.75) is 194 Å². The molecule has 2 N–H and O–H groups in total. The minimum absolute atomic E-state index is 0.0141. The Bertz CT molecular complexity index is 1210. The maximum atomic E-state index is 10.8. The third-order valence-corrected chi connectivity index (χ3v) is 10.6. The van der Waals surface area contributed by atoms with Gasteiger partial charge in [-0.05, 0) is 85.4 Å². The predicted octanol–water partition coefficient (Wildman–Crippen LogP) is 12.6. The first-order valence-corrected chi connectivity index (χ1v) is 19.5. The standard InChI is InChI=1S/C42H69O3P/c1-14-15-16-17-18-19-20-21-22-23-24-42(45-46(43)44)36-30(26-32(38(2,3)4)28-34(36)40(8,9)10)25-31-27-33(39(5,6)7)29-35(37(31)42)41(11,12)13/h26-29,43-44H,14-25H2,1-13H3. The maximum absolute atomic E-state index is 10.8. The molecule has 3 rings (SSSR count). The Morgan fingerprint density at radius 1 is 0.565 bits per heavy atom. The van der Waals surface area contributed by atoms with Crippen molar-refractivity contribution in [3.8, 4) is 0 Å². The molecule has 0 fully saturated rings. The summed E-state index contributed by atoms with van der Waals surface area (Å²) < 4.78 is 6.71. The molecular formula is C42H69O3P. The molecule has 0 spiro atoms. The molecule has 3 nitrogen and oxygen atoms in total. The van der Waals surface area contributed by atoms with Gasteiger partial charge in [0.1, 0.15) is 5.60 Å². The summed E-state index contributed by atoms with van der Waals surface area (Å²) in [6, 6.07) is 9.61. The van der Waals surface area contributed by atoms with Gasteiger partial charge in [-0.1, -0.05) is 172 Å². The smallest absolute Gasteiger partial charge is 0.328 e. The van der Waals surface area contributed by atoms with Crippen LogP contribution in [0.5, 0.6) is 0 Å². The zero-order valence-corrected chi connectivity index (χ0v) is 32.9. The summed E-state index contributed by atoms with van der Waals surface area (Å²) in [5.74, 6) is 0. The third-order valence-electron chi connectivity index (χ3n) is 10.1. The van der Waals surface area contributed by atoms with Gasteiger partial charge < -0.3 is 9.79 Å². The predicted molar refractivity (Wildman–Crippen MR) is 200 cm³/mol. The second-order valence-electron chi connectivity index (χ2n) is 18.4. The molecule has 0 bridgehead atoms. The molecule has 0 aliphatic heterocycles. The van der Waals surface area contributed by atoms with Gasteiger partial charge in [0.25, 0.3) is 0 Å². The van der Waals surface area contributed by atoms with Crippen LogP contribution in [0.4, 0.5) is 0 Å². The molecule has 0 saturated heterocycles. The largest absolute Gasteiger partial charge is 0.328 e. The zero-order valence-electron chi connectivity index (χ0n) is 32.0. The van der Waals surface area contributed by atoms with Crippen LogP contribution in [-0.4, -0.2) is 9.79 Å². The summed E-state index contributed by atoms with van der Waals surface area (Å²) in [6.45, 7) is 29.8. The molecule has 2 aromatic carbocycles. The summed E-state index contributed by atoms with van der Waals surface area (Å²) >= 11 is 0. The van der Waals surface area contributed by atoms with E-state index < -0.39 is 14.2 Å². The van der Waals surface area contributed by atoms with E-state index >= 15 is 0 Å². The minimum Gasteiger partial charge on any atom is -0.328 e. The van der Waals surface area contributed by atoms with Crippen molar-refractivity contribution in [1.82, 2.24) is 0 Å². The first-order chi connectivity index (χ1) is 21.1. The van der Waals surface area contributed by atoms with E-state index in [4.69, 9.17) is 4.52 Å². The molecule has 0 saturated carbocycles. The molecule has 4 heteroatoms. The Kier molecular flexibility index (Phi) is 12.9. The summed E-state index contributed by atoms with van der Waals surface area (Å²) in [4.78, 5) is 21.7. The van der Waals surface area contributed by atoms with Crippen LogP contribution in [0.3, 0.4) is 0 Å². The van der Waals surface area contributed by atoms with Crippen LogP contribution < -0.4 is 0 Å². The highest BCUT2D eigenvalue weighted by atomic mass is 31.2. The Hall–Kier alpha value is -1.25. The normalized spacial score (nSPS) is 15.3. The highest BCUT2D eigenvalue weighted by molar-refractivity contribution is 7.39. The van der Waals surface area contributed by atoms with E-state index in [1.54, 1.807) is 0 Å². The van der Waals surface area contributed by atoms with Gasteiger partial charge in [-0.15, -0.1) is 0 Å². The lowest BCUT2D eigenvalue weighted by Crippen LogP contribution is -2.41. The van der Waals surface area contributed by atoms with Crippen molar-refractivity contribution in [3.63, 3.8) is 0 Å². The van der Waals surface area contributed by atoms with E-state index in [0.29, 0.717) is 0 Å². The molecule has 0 atom stereocenters. The minimum atomic E-state index is -2.62. The second kappa shape index (κ2) is 15.1. The number of rotatable bonds is 13. The number of hydrogen-bond donors (Lipinski definition) is 2. The molecule has 0 aromatic heterocycles. The Labute approximate surface area is 285 Å². The first-order valence-electron chi connectivity index (χ1n) is 18.4. The average Bonchev–Trinajstić information content (AvgIpc) is 2.90. The Morgan fingerprint density at radius 3 is 1.26 bits per heavy atom. The van der Waals surface area contributed by atoms with Crippen LogP contribution in [0.2, 0.25) is 0 Å². The maximum Gasteiger partial charge on any atom is 0.328 e. The topological polar surface area (TPSA) is 49.7 Å². The average molecular weight is 653 g/mol. The van der Waals surface area contributed by atoms with E-state index in [-0.39, 0.29) is 21.7 Å². The van der Waals surface area contributed by atoms with Gasteiger partial charge in [0.15, 0.2) is 0 Å². The SMILES string of the molecule is CCCCCCCCCCCCC1(OP(O)O)c2c(cc(C(C)(C)C)cc2C(C)(C)C)Cc2cc(C(C)(C)C)cc(C(C)(C)C)c21. The molecule has 0 heterocycles. The van der Waals surface area contributed by atoms with Crippen LogP contribution >= 0.6 is 8.60 Å². The Morgan fingerprint density at radius 2 is 0.935 bits per heavy atom. The van der Waals surface area contributed by atoms with E-state index in [1.807, 2.05) is 0 Å². The number of hydrogen-bond acceptors (Lipinski definition) is 3. The second-order valence-corrected chi connectivity index (χ2v) is 19.1. The number of fused-ring (bicyclic) bond motifs is 2. The summed E-state index contributed by atoms with van der Waals surface area (Å²) in [5, 5.41) is 0. The fourth-order valence-electron chi connectivity index (χ4n) is 7.40. The van der Waals surface area contributed by atoms with Crippen LogP contribution in [0, 0.1) is 0 Å². The lowest BCUT2D eigenvalue weighted by molar-refractivity contribution is 0.0717. The van der Waals surface area contributed by atoms with Crippen molar-refractivity contribution >= 4 is 8.60 Å². The van der Waals surface area contributed by atoms with E-state index in [2.05, 4.69) is 114 Å². The van der Waals surface area contributed by atoms with E-state index in [0.717, 1.165) is 25.7 Å². The van der Waals surface area contributed by atoms with E-state index in [1.165, 1.54) is 95.9 Å². The molecule has 0 unspecified atom stereocenters. The van der Waals surface area contributed by atoms with Gasteiger partial charge >= 0.3 is 8.60 Å². The van der Waals surface area contributed by atoms with Crippen molar-refractivity contribution in [2.24, 2.45) is 0 Å². The van der Waals surface area contributed by atoms with Gasteiger partial charge in [0, 0.05) is 0 Å². The monoisotopic (exact) mass is 652 g/mol. The van der Waals surface area contributed by atoms with Gasteiger partial charge in [-0.3, -0.25) is 4.52 Å². The van der Waals surface area contributed by atoms with Crippen LogP contribution in [-0.2, 0) is 38.2 Å². The lowest BCUT2D eigenvalue weighted by Gasteiger charge is -2.47. The summed E-state index contributed by atoms with van der Waals surface area (Å²) in [5.41, 5.74) is 8.83. The third kappa shape index (κ3) is 9.46. The molecule has 1 aliphatic carbocycles. The highest BCUT2D eigenvalue weighted by Crippen LogP contribution is 2.57. The zero-order chi connectivity index (χ0) is 34.7. The summed E-state index contributed by atoms with van der Waals surface area (Å²) in [6.07, 6.45) is 14.1. The van der Waals surface area contributed by atoms with Gasteiger partial charge in [-0.2, -0.15) is 0 Å². The van der Waals surface area contributed by atoms with Gasteiger partial charge in [0.05, 0.1) is 0 Å². The van der Waals surface area contributed by atoms with Crippen LogP contribution in [0.15, 0.2) is 24.3 Å². The molecular weight excluding hydrogens is 583 g/mol. The van der Waals surface area contributed by atoms with Crippen molar-refractivity contribution < 1.29 is 14.3 Å². The van der Waals surface area contributed by atoms with Crippen LogP contribution in [0.25, 0.3) is 0 Å². The fourth-order valence-corrected chi connectivity index (χ4v) is 7.96. The molecule has 2 aromatic rings. The summed E-state index contributed by atoms with van der Waals surface area (Å²) in [7, 11) is -2.62. The lowest BCUT2D eigenvalue weighted by atomic mass is 9.62. The van der Waals surface area contributed by atoms with Crippen molar-refractivity contribution in [2.75, 3.05) is 0 Å². The quantitative estimate of drug-likeness (QED) is 0.167. The van der Waals surface area contributed by atoms with Gasteiger partial charge in [-0.25, -0.2) is 0 Å². The first kappa shape index (κ1) is 39.2. The highest BCUT2D eigenvalue weighted by Gasteiger charge is 2.49. The Balaban J connectivity index is 2.26. The van der Waals surface area contributed by atoms with Gasteiger partial charge in [0.2, 0.25) is 0 Å². The van der Waals surface area contributed by atoms with Crippen molar-refractivity contribution in [1.29, 1.82) is 0 Å². The molecule has 1 aliphatic rings. The molecule has 260 valence electrons. The molecule has 46 heavy (non-hydrogen) atoms. The molecule has 0 radical (unpaired) electrons.